The van der Waals surface area contributed by atoms with Gasteiger partial charge in [0.25, 0.3) is 11.4 Å². The fourth-order valence-corrected chi connectivity index (χ4v) is 4.96. The molecule has 0 spiro atoms. The third-order valence-electron chi connectivity index (χ3n) is 6.63. The van der Waals surface area contributed by atoms with Gasteiger partial charge in [-0.3, -0.25) is 14.1 Å². The molecule has 0 saturated carbocycles. The Labute approximate surface area is 189 Å². The van der Waals surface area contributed by atoms with Crippen LogP contribution in [0.3, 0.4) is 0 Å². The highest BCUT2D eigenvalue weighted by molar-refractivity contribution is 5.83. The van der Waals surface area contributed by atoms with Crippen LogP contribution in [0.2, 0.25) is 0 Å². The number of likely N-dealkylation sites (tertiary alicyclic amines) is 1. The molecule has 2 unspecified atom stereocenters. The van der Waals surface area contributed by atoms with Crippen LogP contribution in [0.1, 0.15) is 37.7 Å². The molecular formula is C23H26N6O4. The predicted molar refractivity (Wildman–Crippen MR) is 120 cm³/mol. The summed E-state index contributed by atoms with van der Waals surface area (Å²) >= 11 is 0. The van der Waals surface area contributed by atoms with Gasteiger partial charge >= 0.3 is 0 Å². The largest absolute Gasteiger partial charge is 0.392 e. The van der Waals surface area contributed by atoms with Gasteiger partial charge in [0.1, 0.15) is 23.6 Å². The monoisotopic (exact) mass is 450 g/mol. The van der Waals surface area contributed by atoms with Crippen molar-refractivity contribution in [1.82, 2.24) is 29.0 Å². The molecule has 4 aromatic rings. The summed E-state index contributed by atoms with van der Waals surface area (Å²) < 4.78 is 14.7. The van der Waals surface area contributed by atoms with Crippen molar-refractivity contribution in [3.8, 4) is 11.5 Å². The summed E-state index contributed by atoms with van der Waals surface area (Å²) in [6, 6.07) is 7.80. The zero-order valence-corrected chi connectivity index (χ0v) is 18.3. The molecule has 0 aliphatic carbocycles. The summed E-state index contributed by atoms with van der Waals surface area (Å²) in [4.78, 5) is 24.9. The second kappa shape index (κ2) is 8.36. The van der Waals surface area contributed by atoms with E-state index in [1.165, 1.54) is 0 Å². The maximum atomic E-state index is 13.7. The molecule has 0 radical (unpaired) electrons. The number of nitrogens with zero attached hydrogens (tertiary/aromatic N) is 6. The summed E-state index contributed by atoms with van der Waals surface area (Å²) in [6.45, 7) is 3.45. The summed E-state index contributed by atoms with van der Waals surface area (Å²) in [5.74, 6) is 0.717. The summed E-state index contributed by atoms with van der Waals surface area (Å²) in [7, 11) is 0. The van der Waals surface area contributed by atoms with Crippen molar-refractivity contribution in [3.05, 3.63) is 46.8 Å². The molecule has 3 aromatic heterocycles. The molecule has 6 rings (SSSR count). The number of β-amino-alcohol motifs (C(OH)–C–C–N with tert-alkyl or cyclic N) is 1. The molecule has 172 valence electrons. The Morgan fingerprint density at radius 3 is 2.82 bits per heavy atom. The minimum atomic E-state index is -0.299. The van der Waals surface area contributed by atoms with Gasteiger partial charge in [0.2, 0.25) is 5.82 Å². The lowest BCUT2D eigenvalue weighted by Gasteiger charge is -2.30. The Hall–Kier alpha value is -3.08. The van der Waals surface area contributed by atoms with Crippen LogP contribution in [0, 0.1) is 0 Å². The maximum absolute atomic E-state index is 13.7. The van der Waals surface area contributed by atoms with E-state index in [4.69, 9.17) is 9.26 Å². The van der Waals surface area contributed by atoms with Gasteiger partial charge in [-0.1, -0.05) is 17.3 Å². The number of aromatic nitrogens is 5. The standard InChI is InChI=1S/C23H26N6O4/c30-15-5-3-9-27(13-15)10-11-28-16-6-1-2-7-17(16)29-14-24-19(20(29)23(28)31)21-25-22(33-26-21)18-8-4-12-32-18/h1-2,6-7,14-15,18,30H,3-5,8-13H2. The molecule has 2 atom stereocenters. The number of piperidine rings is 1. The molecular weight excluding hydrogens is 424 g/mol. The molecule has 1 N–H and O–H groups in total. The summed E-state index contributed by atoms with van der Waals surface area (Å²) in [5, 5.41) is 14.1. The molecule has 10 nitrogen and oxygen atoms in total. The topological polar surface area (TPSA) is 111 Å². The lowest BCUT2D eigenvalue weighted by atomic mass is 10.1. The van der Waals surface area contributed by atoms with E-state index in [0.29, 0.717) is 49.2 Å². The highest BCUT2D eigenvalue weighted by Crippen LogP contribution is 2.29. The van der Waals surface area contributed by atoms with Gasteiger partial charge in [-0.05, 0) is 44.4 Å². The smallest absolute Gasteiger partial charge is 0.277 e. The van der Waals surface area contributed by atoms with Crippen LogP contribution in [0.25, 0.3) is 28.1 Å². The molecule has 5 heterocycles. The van der Waals surface area contributed by atoms with E-state index in [1.54, 1.807) is 15.3 Å². The van der Waals surface area contributed by atoms with Crippen LogP contribution in [-0.2, 0) is 11.3 Å². The third-order valence-corrected chi connectivity index (χ3v) is 6.63. The van der Waals surface area contributed by atoms with Crippen molar-refractivity contribution in [2.75, 3.05) is 26.2 Å². The first kappa shape index (κ1) is 20.5. The number of rotatable bonds is 5. The zero-order chi connectivity index (χ0) is 22.4. The fraction of sp³-hybridized carbons (Fsp3) is 0.478. The summed E-state index contributed by atoms with van der Waals surface area (Å²) in [5.41, 5.74) is 2.40. The van der Waals surface area contributed by atoms with E-state index in [0.717, 1.165) is 43.3 Å². The van der Waals surface area contributed by atoms with Gasteiger partial charge in [0.05, 0.1) is 17.1 Å². The average Bonchev–Trinajstić information content (AvgIpc) is 3.59. The van der Waals surface area contributed by atoms with E-state index in [2.05, 4.69) is 20.0 Å². The number of aliphatic hydroxyl groups excluding tert-OH is 1. The van der Waals surface area contributed by atoms with E-state index in [1.807, 2.05) is 24.3 Å². The van der Waals surface area contributed by atoms with Crippen molar-refractivity contribution in [2.24, 2.45) is 0 Å². The number of aliphatic hydroxyl groups is 1. The number of para-hydroxylation sites is 2. The lowest BCUT2D eigenvalue weighted by Crippen LogP contribution is -2.40. The van der Waals surface area contributed by atoms with Gasteiger partial charge in [0.15, 0.2) is 0 Å². The minimum Gasteiger partial charge on any atom is -0.392 e. The average molecular weight is 450 g/mol. The van der Waals surface area contributed by atoms with Crippen molar-refractivity contribution in [1.29, 1.82) is 0 Å². The van der Waals surface area contributed by atoms with Crippen LogP contribution < -0.4 is 5.56 Å². The number of imidazole rings is 1. The van der Waals surface area contributed by atoms with Crippen molar-refractivity contribution in [2.45, 2.75) is 44.4 Å². The van der Waals surface area contributed by atoms with Crippen LogP contribution in [-0.4, -0.2) is 66.4 Å². The SMILES string of the molecule is O=c1c2c(-c3noc(C4CCCO4)n3)ncn2c2ccccc2n1CCN1CCCC(O)C1. The van der Waals surface area contributed by atoms with Gasteiger partial charge < -0.3 is 18.9 Å². The summed E-state index contributed by atoms with van der Waals surface area (Å²) in [6.07, 6.45) is 4.75. The fourth-order valence-electron chi connectivity index (χ4n) is 4.96. The number of benzene rings is 1. The highest BCUT2D eigenvalue weighted by Gasteiger charge is 2.26. The number of hydrogen-bond donors (Lipinski definition) is 1. The Morgan fingerprint density at radius 2 is 2.00 bits per heavy atom. The van der Waals surface area contributed by atoms with Crippen LogP contribution >= 0.6 is 0 Å². The molecule has 0 amide bonds. The molecule has 33 heavy (non-hydrogen) atoms. The number of fused-ring (bicyclic) bond motifs is 3. The predicted octanol–water partition coefficient (Wildman–Crippen LogP) is 2.01. The molecule has 2 aliphatic rings. The Morgan fingerprint density at radius 1 is 1.12 bits per heavy atom. The van der Waals surface area contributed by atoms with E-state index in [9.17, 15) is 9.90 Å². The van der Waals surface area contributed by atoms with Gasteiger partial charge in [-0.15, -0.1) is 0 Å². The molecule has 10 heteroatoms. The van der Waals surface area contributed by atoms with Crippen molar-refractivity contribution >= 4 is 16.6 Å². The molecule has 0 bridgehead atoms. The van der Waals surface area contributed by atoms with E-state index >= 15 is 0 Å². The lowest BCUT2D eigenvalue weighted by molar-refractivity contribution is 0.0690. The number of hydrogen-bond acceptors (Lipinski definition) is 8. The molecule has 1 aromatic carbocycles. The number of ether oxygens (including phenoxy) is 1. The molecule has 2 aliphatic heterocycles. The maximum Gasteiger partial charge on any atom is 0.277 e. The normalized spacial score (nSPS) is 22.0. The third kappa shape index (κ3) is 3.64. The van der Waals surface area contributed by atoms with Gasteiger partial charge in [-0.25, -0.2) is 4.98 Å². The van der Waals surface area contributed by atoms with Crippen LogP contribution in [0.4, 0.5) is 0 Å². The van der Waals surface area contributed by atoms with Gasteiger partial charge in [-0.2, -0.15) is 4.98 Å². The second-order valence-corrected chi connectivity index (χ2v) is 8.81. The Balaban J connectivity index is 1.42. The van der Waals surface area contributed by atoms with Crippen LogP contribution in [0.5, 0.6) is 0 Å². The first-order valence-corrected chi connectivity index (χ1v) is 11.5. The Kier molecular flexibility index (Phi) is 5.20. The zero-order valence-electron chi connectivity index (χ0n) is 18.3. The van der Waals surface area contributed by atoms with Crippen LogP contribution in [0.15, 0.2) is 39.9 Å². The second-order valence-electron chi connectivity index (χ2n) is 8.81. The van der Waals surface area contributed by atoms with Crippen molar-refractivity contribution in [3.63, 3.8) is 0 Å². The highest BCUT2D eigenvalue weighted by atomic mass is 16.5. The minimum absolute atomic E-state index is 0.151. The Bertz CT molecular complexity index is 1350. The quantitative estimate of drug-likeness (QED) is 0.492. The first-order chi connectivity index (χ1) is 16.2. The van der Waals surface area contributed by atoms with Crippen molar-refractivity contribution < 1.29 is 14.4 Å². The molecule has 2 fully saturated rings. The van der Waals surface area contributed by atoms with Gasteiger partial charge in [0, 0.05) is 26.2 Å². The first-order valence-electron chi connectivity index (χ1n) is 11.5. The van der Waals surface area contributed by atoms with E-state index in [-0.39, 0.29) is 17.8 Å². The van der Waals surface area contributed by atoms with E-state index < -0.39 is 0 Å². The molecule has 2 saturated heterocycles.